The second-order valence-corrected chi connectivity index (χ2v) is 4.44. The molecule has 2 nitrogen and oxygen atoms in total. The number of ether oxygens (including phenoxy) is 1. The lowest BCUT2D eigenvalue weighted by Gasteiger charge is -2.31. The maximum Gasteiger partial charge on any atom is 0.165 e. The monoisotopic (exact) mass is 225 g/mol. The summed E-state index contributed by atoms with van der Waals surface area (Å²) in [6.45, 7) is 6.08. The van der Waals surface area contributed by atoms with Crippen molar-refractivity contribution in [3.63, 3.8) is 0 Å². The van der Waals surface area contributed by atoms with Crippen LogP contribution in [-0.4, -0.2) is 7.11 Å². The molecule has 0 aliphatic heterocycles. The Balaban J connectivity index is 3.09. The molecule has 0 heterocycles. The Labute approximate surface area is 96.6 Å². The van der Waals surface area contributed by atoms with Crippen LogP contribution in [0.15, 0.2) is 18.2 Å². The standard InChI is InChI=1S/C13H20FNO/c1-5-9(2)13(3,15)10-6-7-12(16-4)11(14)8-10/h6-9H,5,15H2,1-4H3. The number of halogens is 1. The third-order valence-corrected chi connectivity index (χ3v) is 3.41. The van der Waals surface area contributed by atoms with E-state index in [-0.39, 0.29) is 11.6 Å². The van der Waals surface area contributed by atoms with Gasteiger partial charge in [-0.1, -0.05) is 26.3 Å². The SMILES string of the molecule is CCC(C)C(C)(N)c1ccc(OC)c(F)c1. The molecule has 1 aromatic rings. The highest BCUT2D eigenvalue weighted by molar-refractivity contribution is 5.33. The first-order valence-corrected chi connectivity index (χ1v) is 5.56. The molecule has 2 unspecified atom stereocenters. The van der Waals surface area contributed by atoms with Crippen LogP contribution in [0.1, 0.15) is 32.8 Å². The lowest BCUT2D eigenvalue weighted by molar-refractivity contribution is 0.313. The number of nitrogens with two attached hydrogens (primary N) is 1. The van der Waals surface area contributed by atoms with Crippen LogP contribution in [0.2, 0.25) is 0 Å². The van der Waals surface area contributed by atoms with E-state index in [4.69, 9.17) is 10.5 Å². The topological polar surface area (TPSA) is 35.2 Å². The molecule has 2 atom stereocenters. The third-order valence-electron chi connectivity index (χ3n) is 3.41. The van der Waals surface area contributed by atoms with Crippen LogP contribution in [0.4, 0.5) is 4.39 Å². The smallest absolute Gasteiger partial charge is 0.165 e. The van der Waals surface area contributed by atoms with Gasteiger partial charge in [0.15, 0.2) is 11.6 Å². The van der Waals surface area contributed by atoms with E-state index in [1.165, 1.54) is 13.2 Å². The average molecular weight is 225 g/mol. The molecule has 1 aromatic carbocycles. The Hall–Kier alpha value is -1.09. The second kappa shape index (κ2) is 4.83. The van der Waals surface area contributed by atoms with Crippen molar-refractivity contribution in [1.82, 2.24) is 0 Å². The van der Waals surface area contributed by atoms with Crippen molar-refractivity contribution >= 4 is 0 Å². The molecule has 0 spiro atoms. The van der Waals surface area contributed by atoms with Crippen LogP contribution in [0, 0.1) is 11.7 Å². The molecule has 0 aliphatic rings. The van der Waals surface area contributed by atoms with E-state index in [1.807, 2.05) is 13.0 Å². The summed E-state index contributed by atoms with van der Waals surface area (Å²) in [6, 6.07) is 4.91. The summed E-state index contributed by atoms with van der Waals surface area (Å²) in [4.78, 5) is 0. The van der Waals surface area contributed by atoms with Gasteiger partial charge in [-0.05, 0) is 30.5 Å². The van der Waals surface area contributed by atoms with E-state index in [0.717, 1.165) is 12.0 Å². The fourth-order valence-corrected chi connectivity index (χ4v) is 1.71. The Kier molecular flexibility index (Phi) is 3.92. The van der Waals surface area contributed by atoms with Crippen molar-refractivity contribution in [3.8, 4) is 5.75 Å². The van der Waals surface area contributed by atoms with E-state index in [0.29, 0.717) is 5.92 Å². The number of hydrogen-bond acceptors (Lipinski definition) is 2. The van der Waals surface area contributed by atoms with E-state index >= 15 is 0 Å². The molecular weight excluding hydrogens is 205 g/mol. The zero-order chi connectivity index (χ0) is 12.3. The molecule has 1 rings (SSSR count). The van der Waals surface area contributed by atoms with E-state index < -0.39 is 5.54 Å². The number of hydrogen-bond donors (Lipinski definition) is 1. The zero-order valence-corrected chi connectivity index (χ0v) is 10.4. The highest BCUT2D eigenvalue weighted by atomic mass is 19.1. The Morgan fingerprint density at radius 1 is 1.50 bits per heavy atom. The molecule has 0 radical (unpaired) electrons. The van der Waals surface area contributed by atoms with Crippen LogP contribution < -0.4 is 10.5 Å². The summed E-state index contributed by atoms with van der Waals surface area (Å²) in [5, 5.41) is 0. The average Bonchev–Trinajstić information content (AvgIpc) is 2.27. The largest absolute Gasteiger partial charge is 0.494 e. The maximum absolute atomic E-state index is 13.6. The van der Waals surface area contributed by atoms with Gasteiger partial charge in [0, 0.05) is 5.54 Å². The van der Waals surface area contributed by atoms with E-state index in [2.05, 4.69) is 13.8 Å². The van der Waals surface area contributed by atoms with Gasteiger partial charge >= 0.3 is 0 Å². The first-order chi connectivity index (χ1) is 7.43. The molecular formula is C13H20FNO. The summed E-state index contributed by atoms with van der Waals surface area (Å²) < 4.78 is 18.5. The summed E-state index contributed by atoms with van der Waals surface area (Å²) in [5.41, 5.74) is 6.54. The molecule has 0 saturated heterocycles. The van der Waals surface area contributed by atoms with Crippen molar-refractivity contribution in [2.75, 3.05) is 7.11 Å². The molecule has 2 N–H and O–H groups in total. The Morgan fingerprint density at radius 2 is 2.12 bits per heavy atom. The lowest BCUT2D eigenvalue weighted by atomic mass is 9.80. The van der Waals surface area contributed by atoms with Crippen LogP contribution in [-0.2, 0) is 5.54 Å². The van der Waals surface area contributed by atoms with Crippen LogP contribution in [0.25, 0.3) is 0 Å². The van der Waals surface area contributed by atoms with E-state index in [9.17, 15) is 4.39 Å². The minimum atomic E-state index is -0.512. The van der Waals surface area contributed by atoms with Gasteiger partial charge in [-0.15, -0.1) is 0 Å². The zero-order valence-electron chi connectivity index (χ0n) is 10.4. The van der Waals surface area contributed by atoms with Crippen LogP contribution >= 0.6 is 0 Å². The highest BCUT2D eigenvalue weighted by Crippen LogP contribution is 2.31. The summed E-state index contributed by atoms with van der Waals surface area (Å²) in [5.74, 6) is 0.184. The van der Waals surface area contributed by atoms with E-state index in [1.54, 1.807) is 6.07 Å². The quantitative estimate of drug-likeness (QED) is 0.854. The van der Waals surface area contributed by atoms with Crippen LogP contribution in [0.5, 0.6) is 5.75 Å². The molecule has 0 fully saturated rings. The van der Waals surface area contributed by atoms with Gasteiger partial charge in [0.25, 0.3) is 0 Å². The summed E-state index contributed by atoms with van der Waals surface area (Å²) in [7, 11) is 1.45. The van der Waals surface area contributed by atoms with Gasteiger partial charge in [0.05, 0.1) is 7.11 Å². The van der Waals surface area contributed by atoms with Crippen molar-refractivity contribution in [2.45, 2.75) is 32.7 Å². The number of benzene rings is 1. The van der Waals surface area contributed by atoms with Crippen molar-refractivity contribution < 1.29 is 9.13 Å². The molecule has 0 aromatic heterocycles. The van der Waals surface area contributed by atoms with Gasteiger partial charge in [0.1, 0.15) is 0 Å². The molecule has 3 heteroatoms. The molecule has 0 saturated carbocycles. The minimum absolute atomic E-state index is 0.253. The third kappa shape index (κ3) is 2.35. The molecule has 0 amide bonds. The predicted molar refractivity (Wildman–Crippen MR) is 63.9 cm³/mol. The van der Waals surface area contributed by atoms with Gasteiger partial charge in [-0.25, -0.2) is 4.39 Å². The maximum atomic E-state index is 13.6. The Bertz CT molecular complexity index is 363. The predicted octanol–water partition coefficient (Wildman–Crippen LogP) is 3.05. The van der Waals surface area contributed by atoms with Gasteiger partial charge in [0.2, 0.25) is 0 Å². The summed E-state index contributed by atoms with van der Waals surface area (Å²) >= 11 is 0. The number of methoxy groups -OCH3 is 1. The molecule has 16 heavy (non-hydrogen) atoms. The Morgan fingerprint density at radius 3 is 2.56 bits per heavy atom. The second-order valence-electron chi connectivity index (χ2n) is 4.44. The normalized spacial score (nSPS) is 16.6. The highest BCUT2D eigenvalue weighted by Gasteiger charge is 2.28. The number of rotatable bonds is 4. The van der Waals surface area contributed by atoms with Gasteiger partial charge in [-0.3, -0.25) is 0 Å². The van der Waals surface area contributed by atoms with Gasteiger partial charge in [-0.2, -0.15) is 0 Å². The minimum Gasteiger partial charge on any atom is -0.494 e. The van der Waals surface area contributed by atoms with Crippen LogP contribution in [0.3, 0.4) is 0 Å². The molecule has 0 bridgehead atoms. The summed E-state index contributed by atoms with van der Waals surface area (Å²) in [6.07, 6.45) is 0.959. The lowest BCUT2D eigenvalue weighted by Crippen LogP contribution is -2.39. The van der Waals surface area contributed by atoms with Gasteiger partial charge < -0.3 is 10.5 Å². The first kappa shape index (κ1) is 13.0. The fraction of sp³-hybridized carbons (Fsp3) is 0.538. The van der Waals surface area contributed by atoms with Crippen molar-refractivity contribution in [2.24, 2.45) is 11.7 Å². The molecule has 0 aliphatic carbocycles. The van der Waals surface area contributed by atoms with Crippen molar-refractivity contribution in [3.05, 3.63) is 29.6 Å². The first-order valence-electron chi connectivity index (χ1n) is 5.56. The van der Waals surface area contributed by atoms with Crippen molar-refractivity contribution in [1.29, 1.82) is 0 Å². The fourth-order valence-electron chi connectivity index (χ4n) is 1.71. The molecule has 90 valence electrons.